The van der Waals surface area contributed by atoms with Gasteiger partial charge in [0.25, 0.3) is 0 Å². The van der Waals surface area contributed by atoms with E-state index >= 15 is 0 Å². The number of aliphatic hydroxyl groups is 1. The number of aliphatic hydroxyl groups excluding tert-OH is 1. The van der Waals surface area contributed by atoms with Crippen molar-refractivity contribution in [1.29, 1.82) is 0 Å². The van der Waals surface area contributed by atoms with Crippen LogP contribution in [-0.2, 0) is 0 Å². The van der Waals surface area contributed by atoms with Crippen LogP contribution in [-0.4, -0.2) is 41.3 Å². The van der Waals surface area contributed by atoms with Gasteiger partial charge in [-0.25, -0.2) is 4.98 Å². The lowest BCUT2D eigenvalue weighted by molar-refractivity contribution is 0.215. The van der Waals surface area contributed by atoms with E-state index in [1.54, 1.807) is 13.2 Å². The summed E-state index contributed by atoms with van der Waals surface area (Å²) in [5.41, 5.74) is -0.428. The van der Waals surface area contributed by atoms with Gasteiger partial charge in [0, 0.05) is 14.1 Å². The van der Waals surface area contributed by atoms with Gasteiger partial charge < -0.3 is 15.3 Å². The average Bonchev–Trinajstić information content (AvgIpc) is 2.29. The van der Waals surface area contributed by atoms with E-state index in [-0.39, 0.29) is 6.61 Å². The van der Waals surface area contributed by atoms with E-state index in [9.17, 15) is 5.11 Å². The zero-order valence-electron chi connectivity index (χ0n) is 9.95. The predicted molar refractivity (Wildman–Crippen MR) is 66.2 cm³/mol. The molecule has 0 amide bonds. The van der Waals surface area contributed by atoms with Gasteiger partial charge in [0.05, 0.1) is 18.3 Å². The number of hydrogen-bond acceptors (Lipinski definition) is 5. The van der Waals surface area contributed by atoms with Crippen LogP contribution in [0.4, 0.5) is 11.8 Å². The molecule has 0 bridgehead atoms. The fraction of sp³-hybridized carbons (Fsp3) is 0.600. The topological polar surface area (TPSA) is 61.3 Å². The first-order valence-corrected chi connectivity index (χ1v) is 5.35. The molecule has 6 heteroatoms. The van der Waals surface area contributed by atoms with Crippen LogP contribution < -0.4 is 10.2 Å². The maximum Gasteiger partial charge on any atom is 0.224 e. The summed E-state index contributed by atoms with van der Waals surface area (Å²) in [6.45, 7) is 3.83. The van der Waals surface area contributed by atoms with Crippen molar-refractivity contribution in [3.63, 3.8) is 0 Å². The van der Waals surface area contributed by atoms with E-state index in [0.717, 1.165) is 0 Å². The Kier molecular flexibility index (Phi) is 3.93. The van der Waals surface area contributed by atoms with Crippen molar-refractivity contribution in [2.45, 2.75) is 19.4 Å². The van der Waals surface area contributed by atoms with E-state index in [2.05, 4.69) is 15.3 Å². The number of nitrogens with zero attached hydrogens (tertiary/aromatic N) is 3. The fourth-order valence-electron chi connectivity index (χ4n) is 1.11. The Morgan fingerprint density at radius 1 is 1.56 bits per heavy atom. The second kappa shape index (κ2) is 4.84. The highest BCUT2D eigenvalue weighted by atomic mass is 35.5. The molecule has 0 aliphatic carbocycles. The normalized spacial score (nSPS) is 11.4. The van der Waals surface area contributed by atoms with Crippen molar-refractivity contribution in [3.05, 3.63) is 11.2 Å². The van der Waals surface area contributed by atoms with E-state index in [1.165, 1.54) is 0 Å². The highest BCUT2D eigenvalue weighted by molar-refractivity contribution is 6.32. The van der Waals surface area contributed by atoms with Crippen molar-refractivity contribution in [2.24, 2.45) is 0 Å². The highest BCUT2D eigenvalue weighted by Gasteiger charge is 2.25. The summed E-state index contributed by atoms with van der Waals surface area (Å²) in [6.07, 6.45) is 1.54. The number of likely N-dealkylation sites (N-methyl/N-ethyl adjacent to an activating group) is 1. The lowest BCUT2D eigenvalue weighted by Gasteiger charge is -2.35. The third-order valence-electron chi connectivity index (χ3n) is 2.56. The average molecular weight is 245 g/mol. The van der Waals surface area contributed by atoms with Crippen LogP contribution in [0.15, 0.2) is 6.20 Å². The van der Waals surface area contributed by atoms with Gasteiger partial charge in [0.15, 0.2) is 5.82 Å². The number of halogens is 1. The molecule has 5 nitrogen and oxygen atoms in total. The van der Waals surface area contributed by atoms with Crippen LogP contribution >= 0.6 is 11.6 Å². The maximum absolute atomic E-state index is 9.30. The minimum Gasteiger partial charge on any atom is -0.394 e. The van der Waals surface area contributed by atoms with Crippen LogP contribution in [0.5, 0.6) is 0 Å². The third-order valence-corrected chi connectivity index (χ3v) is 2.83. The molecule has 0 radical (unpaired) electrons. The fourth-order valence-corrected chi connectivity index (χ4v) is 1.32. The molecule has 1 rings (SSSR count). The molecular weight excluding hydrogens is 228 g/mol. The lowest BCUT2D eigenvalue weighted by Crippen LogP contribution is -2.45. The first-order valence-electron chi connectivity index (χ1n) is 4.97. The number of hydrogen-bond donors (Lipinski definition) is 2. The summed E-state index contributed by atoms with van der Waals surface area (Å²) in [5.74, 6) is 1.10. The van der Waals surface area contributed by atoms with Gasteiger partial charge in [-0.3, -0.25) is 0 Å². The number of anilines is 2. The first kappa shape index (κ1) is 13.0. The SMILES string of the molecule is CNc1ncc(Cl)c(N(C)C(C)(C)CO)n1. The summed E-state index contributed by atoms with van der Waals surface area (Å²) in [7, 11) is 3.58. The smallest absolute Gasteiger partial charge is 0.224 e. The molecule has 1 aromatic rings. The first-order chi connectivity index (χ1) is 7.42. The van der Waals surface area contributed by atoms with Crippen molar-refractivity contribution in [1.82, 2.24) is 9.97 Å². The highest BCUT2D eigenvalue weighted by Crippen LogP contribution is 2.27. The van der Waals surface area contributed by atoms with Crippen molar-refractivity contribution < 1.29 is 5.11 Å². The van der Waals surface area contributed by atoms with Gasteiger partial charge in [-0.05, 0) is 13.8 Å². The van der Waals surface area contributed by atoms with Gasteiger partial charge in [-0.15, -0.1) is 0 Å². The van der Waals surface area contributed by atoms with E-state index in [1.807, 2.05) is 25.8 Å². The zero-order chi connectivity index (χ0) is 12.3. The van der Waals surface area contributed by atoms with E-state index in [0.29, 0.717) is 16.8 Å². The molecule has 0 saturated carbocycles. The minimum atomic E-state index is -0.428. The van der Waals surface area contributed by atoms with Crippen LogP contribution in [0, 0.1) is 0 Å². The maximum atomic E-state index is 9.30. The molecule has 0 unspecified atom stereocenters. The molecule has 0 aliphatic heterocycles. The lowest BCUT2D eigenvalue weighted by atomic mass is 10.1. The van der Waals surface area contributed by atoms with Gasteiger partial charge >= 0.3 is 0 Å². The van der Waals surface area contributed by atoms with E-state index < -0.39 is 5.54 Å². The van der Waals surface area contributed by atoms with Crippen LogP contribution in [0.3, 0.4) is 0 Å². The van der Waals surface area contributed by atoms with Gasteiger partial charge in [0.1, 0.15) is 5.02 Å². The van der Waals surface area contributed by atoms with Crippen molar-refractivity contribution in [3.8, 4) is 0 Å². The van der Waals surface area contributed by atoms with Crippen LogP contribution in [0.1, 0.15) is 13.8 Å². The quantitative estimate of drug-likeness (QED) is 0.838. The molecule has 0 saturated heterocycles. The van der Waals surface area contributed by atoms with Crippen LogP contribution in [0.25, 0.3) is 0 Å². The Morgan fingerprint density at radius 3 is 2.69 bits per heavy atom. The van der Waals surface area contributed by atoms with Gasteiger partial charge in [-0.1, -0.05) is 11.6 Å². The largest absolute Gasteiger partial charge is 0.394 e. The van der Waals surface area contributed by atoms with Crippen molar-refractivity contribution in [2.75, 3.05) is 30.9 Å². The molecule has 2 N–H and O–H groups in total. The molecule has 90 valence electrons. The van der Waals surface area contributed by atoms with Gasteiger partial charge in [-0.2, -0.15) is 4.98 Å². The molecule has 0 fully saturated rings. The zero-order valence-corrected chi connectivity index (χ0v) is 10.7. The van der Waals surface area contributed by atoms with Gasteiger partial charge in [0.2, 0.25) is 5.95 Å². The Bertz CT molecular complexity index is 370. The second-order valence-electron chi connectivity index (χ2n) is 4.14. The van der Waals surface area contributed by atoms with Crippen molar-refractivity contribution >= 4 is 23.4 Å². The van der Waals surface area contributed by atoms with Crippen LogP contribution in [0.2, 0.25) is 5.02 Å². The molecule has 16 heavy (non-hydrogen) atoms. The summed E-state index contributed by atoms with van der Waals surface area (Å²) in [4.78, 5) is 10.1. The summed E-state index contributed by atoms with van der Waals surface area (Å²) < 4.78 is 0. The number of rotatable bonds is 4. The number of aromatic nitrogens is 2. The number of nitrogens with one attached hydrogen (secondary N) is 1. The summed E-state index contributed by atoms with van der Waals surface area (Å²) >= 11 is 6.03. The second-order valence-corrected chi connectivity index (χ2v) is 4.55. The molecule has 1 heterocycles. The standard InChI is InChI=1S/C10H17ClN4O/c1-10(2,6-16)15(4)8-7(11)5-13-9(12-3)14-8/h5,16H,6H2,1-4H3,(H,12,13,14). The molecule has 0 atom stereocenters. The molecule has 0 aliphatic rings. The Balaban J connectivity index is 3.11. The monoisotopic (exact) mass is 244 g/mol. The molecule has 1 aromatic heterocycles. The predicted octanol–water partition coefficient (Wildman–Crippen LogP) is 1.38. The minimum absolute atomic E-state index is 0.0126. The van der Waals surface area contributed by atoms with E-state index in [4.69, 9.17) is 11.6 Å². The Hall–Kier alpha value is -1.07. The third kappa shape index (κ3) is 2.54. The summed E-state index contributed by atoms with van der Waals surface area (Å²) in [5, 5.41) is 12.6. The Labute approximate surface area is 100 Å². The molecular formula is C10H17ClN4O. The summed E-state index contributed by atoms with van der Waals surface area (Å²) in [6, 6.07) is 0. The Morgan fingerprint density at radius 2 is 2.19 bits per heavy atom. The molecule has 0 spiro atoms. The molecule has 0 aromatic carbocycles.